The van der Waals surface area contributed by atoms with Crippen LogP contribution in [-0.2, 0) is 0 Å². The molecule has 0 bridgehead atoms. The summed E-state index contributed by atoms with van der Waals surface area (Å²) in [5, 5.41) is 15.1. The first-order valence-electron chi connectivity index (χ1n) is 7.74. The number of anilines is 1. The molecule has 1 aliphatic rings. The van der Waals surface area contributed by atoms with Crippen LogP contribution in [0.3, 0.4) is 0 Å². The monoisotopic (exact) mass is 348 g/mol. The maximum atomic E-state index is 11.4. The van der Waals surface area contributed by atoms with Gasteiger partial charge >= 0.3 is 0 Å². The number of halogens is 1. The lowest BCUT2D eigenvalue weighted by atomic mass is 9.94. The second kappa shape index (κ2) is 6.07. The average Bonchev–Trinajstić information content (AvgIpc) is 2.80. The highest BCUT2D eigenvalue weighted by Gasteiger charge is 2.18. The molecule has 5 heteroatoms. The molecule has 0 aliphatic carbocycles. The Morgan fingerprint density at radius 1 is 0.920 bits per heavy atom. The van der Waals surface area contributed by atoms with E-state index in [2.05, 4.69) is 5.32 Å². The van der Waals surface area contributed by atoms with E-state index in [0.717, 1.165) is 27.9 Å². The Labute approximate surface area is 149 Å². The highest BCUT2D eigenvalue weighted by Crippen LogP contribution is 2.39. The molecule has 0 unspecified atom stereocenters. The van der Waals surface area contributed by atoms with Crippen LogP contribution in [0.5, 0.6) is 0 Å². The van der Waals surface area contributed by atoms with Crippen LogP contribution >= 0.6 is 11.6 Å². The van der Waals surface area contributed by atoms with Crippen LogP contribution in [-0.4, -0.2) is 4.92 Å². The van der Waals surface area contributed by atoms with Gasteiger partial charge in [0.1, 0.15) is 0 Å². The number of nitrogens with one attached hydrogen (secondary N) is 1. The molecule has 0 saturated carbocycles. The fourth-order valence-corrected chi connectivity index (χ4v) is 3.24. The molecule has 3 aromatic carbocycles. The molecular weight excluding hydrogens is 336 g/mol. The molecule has 1 heterocycles. The molecule has 0 radical (unpaired) electrons. The first kappa shape index (κ1) is 15.4. The number of nitrogens with zero attached hydrogens (tertiary/aromatic N) is 1. The van der Waals surface area contributed by atoms with Crippen LogP contribution in [0, 0.1) is 10.1 Å². The van der Waals surface area contributed by atoms with E-state index in [4.69, 9.17) is 11.6 Å². The first-order chi connectivity index (χ1) is 12.1. The van der Waals surface area contributed by atoms with E-state index in [-0.39, 0.29) is 10.6 Å². The molecule has 25 heavy (non-hydrogen) atoms. The minimum Gasteiger partial charge on any atom is -0.361 e. The Kier molecular flexibility index (Phi) is 3.75. The van der Waals surface area contributed by atoms with Crippen LogP contribution in [0.15, 0.2) is 66.9 Å². The summed E-state index contributed by atoms with van der Waals surface area (Å²) in [6, 6.07) is 18.4. The molecule has 4 nitrogen and oxygen atoms in total. The lowest BCUT2D eigenvalue weighted by molar-refractivity contribution is -0.384. The lowest BCUT2D eigenvalue weighted by Crippen LogP contribution is -1.94. The van der Waals surface area contributed by atoms with Crippen molar-refractivity contribution in [2.45, 2.75) is 0 Å². The zero-order chi connectivity index (χ0) is 17.4. The number of nitro groups is 1. The summed E-state index contributed by atoms with van der Waals surface area (Å²) < 4.78 is 0. The summed E-state index contributed by atoms with van der Waals surface area (Å²) in [6.07, 6.45) is 3.91. The van der Waals surface area contributed by atoms with E-state index in [1.54, 1.807) is 6.07 Å². The molecule has 1 N–H and O–H groups in total. The molecule has 4 rings (SSSR count). The standard InChI is InChI=1S/C20H13ClN2O2/c21-15-6-8-20(23(24)25)17(12-15)14-5-7-19-18(11-14)16-4-2-1-3-13(16)9-10-22-19/h1-12,22H. The van der Waals surface area contributed by atoms with E-state index in [1.807, 2.05) is 54.7 Å². The highest BCUT2D eigenvalue weighted by molar-refractivity contribution is 6.31. The van der Waals surface area contributed by atoms with Crippen molar-refractivity contribution < 1.29 is 4.92 Å². The maximum Gasteiger partial charge on any atom is 0.277 e. The van der Waals surface area contributed by atoms with Crippen molar-refractivity contribution in [2.24, 2.45) is 0 Å². The van der Waals surface area contributed by atoms with Crippen molar-refractivity contribution in [3.05, 3.63) is 87.6 Å². The average molecular weight is 349 g/mol. The van der Waals surface area contributed by atoms with Crippen molar-refractivity contribution in [1.29, 1.82) is 0 Å². The quantitative estimate of drug-likeness (QED) is 0.458. The molecule has 0 atom stereocenters. The minimum absolute atomic E-state index is 0.0392. The van der Waals surface area contributed by atoms with Crippen LogP contribution in [0.25, 0.3) is 28.3 Å². The van der Waals surface area contributed by atoms with Crippen molar-refractivity contribution in [3.8, 4) is 22.3 Å². The van der Waals surface area contributed by atoms with Gasteiger partial charge in [-0.1, -0.05) is 41.9 Å². The molecule has 0 spiro atoms. The van der Waals surface area contributed by atoms with Gasteiger partial charge in [-0.15, -0.1) is 0 Å². The molecule has 0 aromatic heterocycles. The van der Waals surface area contributed by atoms with Gasteiger partial charge in [0, 0.05) is 28.5 Å². The molecule has 3 aromatic rings. The van der Waals surface area contributed by atoms with Gasteiger partial charge in [0.2, 0.25) is 0 Å². The number of rotatable bonds is 2. The topological polar surface area (TPSA) is 55.2 Å². The number of hydrogen-bond acceptors (Lipinski definition) is 3. The SMILES string of the molecule is O=[N+]([O-])c1ccc(Cl)cc1-c1ccc2c(c1)-c1ccccc1C=CN2. The fourth-order valence-electron chi connectivity index (χ4n) is 3.07. The third-order valence-electron chi connectivity index (χ3n) is 4.24. The molecule has 0 saturated heterocycles. The predicted molar refractivity (Wildman–Crippen MR) is 102 cm³/mol. The number of nitro benzene ring substituents is 1. The summed E-state index contributed by atoms with van der Waals surface area (Å²) in [4.78, 5) is 11.0. The maximum absolute atomic E-state index is 11.4. The molecule has 1 aliphatic heterocycles. The Bertz CT molecular complexity index is 1030. The van der Waals surface area contributed by atoms with Crippen molar-refractivity contribution in [1.82, 2.24) is 0 Å². The number of fused-ring (bicyclic) bond motifs is 3. The van der Waals surface area contributed by atoms with Gasteiger partial charge < -0.3 is 5.32 Å². The third kappa shape index (κ3) is 2.77. The fraction of sp³-hybridized carbons (Fsp3) is 0. The van der Waals surface area contributed by atoms with Crippen molar-refractivity contribution >= 4 is 29.1 Å². The number of benzene rings is 3. The van der Waals surface area contributed by atoms with Gasteiger partial charge in [-0.3, -0.25) is 10.1 Å². The van der Waals surface area contributed by atoms with Crippen molar-refractivity contribution in [2.75, 3.05) is 5.32 Å². The van der Waals surface area contributed by atoms with E-state index < -0.39 is 0 Å². The molecular formula is C20H13ClN2O2. The molecule has 122 valence electrons. The highest BCUT2D eigenvalue weighted by atomic mass is 35.5. The Balaban J connectivity index is 1.94. The van der Waals surface area contributed by atoms with Crippen LogP contribution in [0.4, 0.5) is 11.4 Å². The largest absolute Gasteiger partial charge is 0.361 e. The van der Waals surface area contributed by atoms with Gasteiger partial charge in [-0.05, 0) is 47.0 Å². The smallest absolute Gasteiger partial charge is 0.277 e. The summed E-state index contributed by atoms with van der Waals surface area (Å²) in [6.45, 7) is 0. The van der Waals surface area contributed by atoms with Crippen LogP contribution in [0.1, 0.15) is 5.56 Å². The second-order valence-electron chi connectivity index (χ2n) is 5.74. The van der Waals surface area contributed by atoms with Gasteiger partial charge in [0.25, 0.3) is 5.69 Å². The molecule has 0 amide bonds. The minimum atomic E-state index is -0.384. The van der Waals surface area contributed by atoms with Gasteiger partial charge in [-0.2, -0.15) is 0 Å². The zero-order valence-corrected chi connectivity index (χ0v) is 13.8. The Hall–Kier alpha value is -3.11. The first-order valence-corrected chi connectivity index (χ1v) is 8.12. The zero-order valence-electron chi connectivity index (χ0n) is 13.1. The van der Waals surface area contributed by atoms with Gasteiger partial charge in [-0.25, -0.2) is 0 Å². The number of hydrogen-bond donors (Lipinski definition) is 1. The normalized spacial score (nSPS) is 11.9. The summed E-state index contributed by atoms with van der Waals surface area (Å²) in [5.41, 5.74) is 5.41. The van der Waals surface area contributed by atoms with E-state index in [0.29, 0.717) is 10.6 Å². The lowest BCUT2D eigenvalue weighted by Gasteiger charge is -2.12. The van der Waals surface area contributed by atoms with Crippen LogP contribution in [0.2, 0.25) is 5.02 Å². The van der Waals surface area contributed by atoms with E-state index in [9.17, 15) is 10.1 Å². The van der Waals surface area contributed by atoms with Crippen LogP contribution < -0.4 is 5.32 Å². The van der Waals surface area contributed by atoms with Crippen molar-refractivity contribution in [3.63, 3.8) is 0 Å². The van der Waals surface area contributed by atoms with E-state index >= 15 is 0 Å². The summed E-state index contributed by atoms with van der Waals surface area (Å²) in [5.74, 6) is 0. The Morgan fingerprint density at radius 2 is 1.76 bits per heavy atom. The summed E-state index contributed by atoms with van der Waals surface area (Å²) >= 11 is 6.08. The van der Waals surface area contributed by atoms with Gasteiger partial charge in [0.05, 0.1) is 10.5 Å². The Morgan fingerprint density at radius 3 is 2.60 bits per heavy atom. The predicted octanol–water partition coefficient (Wildman–Crippen LogP) is 5.98. The third-order valence-corrected chi connectivity index (χ3v) is 4.47. The van der Waals surface area contributed by atoms with E-state index in [1.165, 1.54) is 12.1 Å². The van der Waals surface area contributed by atoms with Gasteiger partial charge in [0.15, 0.2) is 0 Å². The second-order valence-corrected chi connectivity index (χ2v) is 6.18. The molecule has 0 fully saturated rings. The summed E-state index contributed by atoms with van der Waals surface area (Å²) in [7, 11) is 0.